The number of carbonyl (C=O) groups is 2. The predicted molar refractivity (Wildman–Crippen MR) is 89.5 cm³/mol. The Labute approximate surface area is 138 Å². The molecule has 0 aromatic heterocycles. The van der Waals surface area contributed by atoms with Gasteiger partial charge < -0.3 is 9.80 Å². The van der Waals surface area contributed by atoms with E-state index in [-0.39, 0.29) is 23.7 Å². The van der Waals surface area contributed by atoms with Crippen LogP contribution >= 0.6 is 0 Å². The number of amides is 2. The Morgan fingerprint density at radius 1 is 1.13 bits per heavy atom. The predicted octanol–water partition coefficient (Wildman–Crippen LogP) is 2.54. The fraction of sp³-hybridized carbons (Fsp3) is 0.579. The van der Waals surface area contributed by atoms with Crippen molar-refractivity contribution in [3.05, 3.63) is 35.9 Å². The molecule has 2 fully saturated rings. The number of rotatable bonds is 4. The second kappa shape index (κ2) is 6.73. The Morgan fingerprint density at radius 3 is 2.43 bits per heavy atom. The summed E-state index contributed by atoms with van der Waals surface area (Å²) in [5.41, 5.74) is 1.12. The maximum absolute atomic E-state index is 12.5. The highest BCUT2D eigenvalue weighted by Gasteiger charge is 2.50. The van der Waals surface area contributed by atoms with E-state index in [9.17, 15) is 9.59 Å². The first-order valence-electron chi connectivity index (χ1n) is 8.64. The van der Waals surface area contributed by atoms with E-state index in [2.05, 4.69) is 6.92 Å². The van der Waals surface area contributed by atoms with Crippen LogP contribution in [-0.4, -0.2) is 41.8 Å². The Bertz CT molecular complexity index is 564. The van der Waals surface area contributed by atoms with Crippen molar-refractivity contribution in [2.24, 2.45) is 17.8 Å². The van der Waals surface area contributed by atoms with Gasteiger partial charge >= 0.3 is 0 Å². The van der Waals surface area contributed by atoms with Crippen LogP contribution in [0.15, 0.2) is 30.3 Å². The molecule has 0 bridgehead atoms. The van der Waals surface area contributed by atoms with Crippen molar-refractivity contribution < 1.29 is 9.59 Å². The van der Waals surface area contributed by atoms with Gasteiger partial charge in [-0.1, -0.05) is 37.3 Å². The third-order valence-electron chi connectivity index (χ3n) is 5.16. The molecule has 1 aromatic rings. The standard InChI is InChI=1S/C19H26N2O2/c1-14-8-10-21(11-9-14)19(23)17-12-16(17)18(22)20(2)13-15-6-4-3-5-7-15/h3-7,14,16-17H,8-13H2,1-2H3. The first kappa shape index (κ1) is 16.0. The smallest absolute Gasteiger partial charge is 0.226 e. The van der Waals surface area contributed by atoms with Gasteiger partial charge in [-0.25, -0.2) is 0 Å². The maximum Gasteiger partial charge on any atom is 0.226 e. The molecular formula is C19H26N2O2. The van der Waals surface area contributed by atoms with Gasteiger partial charge in [-0.3, -0.25) is 9.59 Å². The van der Waals surface area contributed by atoms with Crippen molar-refractivity contribution in [3.8, 4) is 0 Å². The molecule has 2 unspecified atom stereocenters. The summed E-state index contributed by atoms with van der Waals surface area (Å²) in [5.74, 6) is 0.846. The van der Waals surface area contributed by atoms with Crippen LogP contribution in [-0.2, 0) is 16.1 Å². The van der Waals surface area contributed by atoms with Crippen LogP contribution in [0.3, 0.4) is 0 Å². The molecule has 4 nitrogen and oxygen atoms in total. The van der Waals surface area contributed by atoms with Gasteiger partial charge in [0, 0.05) is 26.7 Å². The van der Waals surface area contributed by atoms with E-state index in [0.29, 0.717) is 12.5 Å². The lowest BCUT2D eigenvalue weighted by Gasteiger charge is -2.30. The Morgan fingerprint density at radius 2 is 1.78 bits per heavy atom. The second-order valence-electron chi connectivity index (χ2n) is 7.14. The fourth-order valence-corrected chi connectivity index (χ4v) is 3.42. The van der Waals surface area contributed by atoms with E-state index in [4.69, 9.17) is 0 Å². The quantitative estimate of drug-likeness (QED) is 0.857. The normalized spacial score (nSPS) is 24.3. The summed E-state index contributed by atoms with van der Waals surface area (Å²) in [7, 11) is 1.83. The van der Waals surface area contributed by atoms with E-state index < -0.39 is 0 Å². The maximum atomic E-state index is 12.5. The molecule has 1 aliphatic carbocycles. The molecule has 1 saturated heterocycles. The zero-order chi connectivity index (χ0) is 16.4. The van der Waals surface area contributed by atoms with Crippen LogP contribution in [0.25, 0.3) is 0 Å². The molecule has 0 radical (unpaired) electrons. The third kappa shape index (κ3) is 3.74. The van der Waals surface area contributed by atoms with Crippen molar-refractivity contribution >= 4 is 11.8 Å². The van der Waals surface area contributed by atoms with Crippen LogP contribution in [0.5, 0.6) is 0 Å². The number of hydrogen-bond acceptors (Lipinski definition) is 2. The summed E-state index contributed by atoms with van der Waals surface area (Å²) in [5, 5.41) is 0. The average Bonchev–Trinajstić information content (AvgIpc) is 3.35. The molecule has 2 amide bonds. The molecule has 1 aromatic carbocycles. The van der Waals surface area contributed by atoms with Gasteiger partial charge in [0.05, 0.1) is 11.8 Å². The van der Waals surface area contributed by atoms with Crippen LogP contribution in [0.2, 0.25) is 0 Å². The number of likely N-dealkylation sites (tertiary alicyclic amines) is 1. The lowest BCUT2D eigenvalue weighted by atomic mass is 9.99. The van der Waals surface area contributed by atoms with Gasteiger partial charge in [-0.2, -0.15) is 0 Å². The van der Waals surface area contributed by atoms with Gasteiger partial charge in [-0.05, 0) is 30.7 Å². The summed E-state index contributed by atoms with van der Waals surface area (Å²) in [4.78, 5) is 28.8. The molecule has 1 saturated carbocycles. The van der Waals surface area contributed by atoms with Gasteiger partial charge in [-0.15, -0.1) is 0 Å². The summed E-state index contributed by atoms with van der Waals surface area (Å²) >= 11 is 0. The number of nitrogens with zero attached hydrogens (tertiary/aromatic N) is 2. The van der Waals surface area contributed by atoms with E-state index in [0.717, 1.165) is 37.9 Å². The molecule has 23 heavy (non-hydrogen) atoms. The van der Waals surface area contributed by atoms with Crippen LogP contribution < -0.4 is 0 Å². The van der Waals surface area contributed by atoms with Gasteiger partial charge in [0.25, 0.3) is 0 Å². The number of carbonyl (C=O) groups excluding carboxylic acids is 2. The van der Waals surface area contributed by atoms with Gasteiger partial charge in [0.15, 0.2) is 0 Å². The molecule has 3 rings (SSSR count). The van der Waals surface area contributed by atoms with E-state index in [1.54, 1.807) is 4.90 Å². The number of benzene rings is 1. The second-order valence-corrected chi connectivity index (χ2v) is 7.14. The molecule has 1 aliphatic heterocycles. The average molecular weight is 314 g/mol. The first-order chi connectivity index (χ1) is 11.1. The zero-order valence-corrected chi connectivity index (χ0v) is 14.1. The molecular weight excluding hydrogens is 288 g/mol. The minimum atomic E-state index is -0.101. The SMILES string of the molecule is CC1CCN(C(=O)C2CC2C(=O)N(C)Cc2ccccc2)CC1. The van der Waals surface area contributed by atoms with Crippen LogP contribution in [0.4, 0.5) is 0 Å². The summed E-state index contributed by atoms with van der Waals surface area (Å²) in [6, 6.07) is 9.98. The Hall–Kier alpha value is -1.84. The molecule has 124 valence electrons. The summed E-state index contributed by atoms with van der Waals surface area (Å²) in [6.45, 7) is 4.57. The van der Waals surface area contributed by atoms with Crippen molar-refractivity contribution in [2.45, 2.75) is 32.7 Å². The fourth-order valence-electron chi connectivity index (χ4n) is 3.42. The molecule has 2 aliphatic rings. The highest BCUT2D eigenvalue weighted by Crippen LogP contribution is 2.42. The zero-order valence-electron chi connectivity index (χ0n) is 14.1. The summed E-state index contributed by atoms with van der Waals surface area (Å²) in [6.07, 6.45) is 2.90. The number of piperidine rings is 1. The molecule has 1 heterocycles. The Balaban J connectivity index is 1.51. The van der Waals surface area contributed by atoms with Crippen molar-refractivity contribution in [1.82, 2.24) is 9.80 Å². The highest BCUT2D eigenvalue weighted by atomic mass is 16.2. The minimum absolute atomic E-state index is 0.0749. The monoisotopic (exact) mass is 314 g/mol. The van der Waals surface area contributed by atoms with Crippen molar-refractivity contribution in [3.63, 3.8) is 0 Å². The first-order valence-corrected chi connectivity index (χ1v) is 8.64. The van der Waals surface area contributed by atoms with Crippen LogP contribution in [0, 0.1) is 17.8 Å². The number of hydrogen-bond donors (Lipinski definition) is 0. The van der Waals surface area contributed by atoms with Gasteiger partial charge in [0.2, 0.25) is 11.8 Å². The summed E-state index contributed by atoms with van der Waals surface area (Å²) < 4.78 is 0. The molecule has 4 heteroatoms. The van der Waals surface area contributed by atoms with Crippen molar-refractivity contribution in [1.29, 1.82) is 0 Å². The van der Waals surface area contributed by atoms with Crippen molar-refractivity contribution in [2.75, 3.05) is 20.1 Å². The largest absolute Gasteiger partial charge is 0.342 e. The van der Waals surface area contributed by atoms with Gasteiger partial charge in [0.1, 0.15) is 0 Å². The molecule has 0 N–H and O–H groups in total. The van der Waals surface area contributed by atoms with E-state index >= 15 is 0 Å². The van der Waals surface area contributed by atoms with Crippen LogP contribution in [0.1, 0.15) is 31.7 Å². The molecule has 2 atom stereocenters. The topological polar surface area (TPSA) is 40.6 Å². The lowest BCUT2D eigenvalue weighted by molar-refractivity contribution is -0.138. The molecule has 0 spiro atoms. The lowest BCUT2D eigenvalue weighted by Crippen LogP contribution is -2.39. The minimum Gasteiger partial charge on any atom is -0.342 e. The highest BCUT2D eigenvalue weighted by molar-refractivity contribution is 5.92. The third-order valence-corrected chi connectivity index (χ3v) is 5.16. The Kier molecular flexibility index (Phi) is 4.69. The van der Waals surface area contributed by atoms with E-state index in [1.807, 2.05) is 42.3 Å². The van der Waals surface area contributed by atoms with E-state index in [1.165, 1.54) is 0 Å².